The summed E-state index contributed by atoms with van der Waals surface area (Å²) in [5, 5.41) is 0. The van der Waals surface area contributed by atoms with Gasteiger partial charge in [-0.2, -0.15) is 0 Å². The lowest BCUT2D eigenvalue weighted by Gasteiger charge is -2.00. The fraction of sp³-hybridized carbons (Fsp3) is 0.222. The predicted molar refractivity (Wildman–Crippen MR) is 44.5 cm³/mol. The highest BCUT2D eigenvalue weighted by Gasteiger charge is 2.19. The molecular formula is C9H7BO. The van der Waals surface area contributed by atoms with Gasteiger partial charge >= 0.3 is 0 Å². The van der Waals surface area contributed by atoms with E-state index in [1.165, 1.54) is 0 Å². The van der Waals surface area contributed by atoms with E-state index < -0.39 is 0 Å². The van der Waals surface area contributed by atoms with Crippen LogP contribution in [0, 0.1) is 0 Å². The first-order valence-electron chi connectivity index (χ1n) is 3.69. The van der Waals surface area contributed by atoms with Crippen LogP contribution in [0.2, 0.25) is 0 Å². The van der Waals surface area contributed by atoms with Crippen molar-refractivity contribution in [2.24, 2.45) is 0 Å². The van der Waals surface area contributed by atoms with Gasteiger partial charge < -0.3 is 0 Å². The van der Waals surface area contributed by atoms with E-state index in [4.69, 9.17) is 7.85 Å². The Morgan fingerprint density at radius 1 is 1.27 bits per heavy atom. The molecule has 1 aromatic rings. The summed E-state index contributed by atoms with van der Waals surface area (Å²) >= 11 is 0. The SMILES string of the molecule is [B]c1cccc2c1CCC2=O. The quantitative estimate of drug-likeness (QED) is 0.485. The third-order valence-corrected chi connectivity index (χ3v) is 2.11. The number of carbonyl (C=O) groups is 1. The molecule has 2 rings (SSSR count). The largest absolute Gasteiger partial charge is 0.294 e. The minimum atomic E-state index is 0.229. The summed E-state index contributed by atoms with van der Waals surface area (Å²) in [4.78, 5) is 11.2. The van der Waals surface area contributed by atoms with E-state index in [0.29, 0.717) is 6.42 Å². The van der Waals surface area contributed by atoms with Crippen LogP contribution in [0.5, 0.6) is 0 Å². The van der Waals surface area contributed by atoms with E-state index in [1.807, 2.05) is 18.2 Å². The van der Waals surface area contributed by atoms with Crippen LogP contribution in [-0.4, -0.2) is 13.6 Å². The van der Waals surface area contributed by atoms with E-state index in [2.05, 4.69) is 0 Å². The van der Waals surface area contributed by atoms with Crippen molar-refractivity contribution >= 4 is 19.1 Å². The molecule has 1 aliphatic rings. The molecule has 0 saturated carbocycles. The van der Waals surface area contributed by atoms with Gasteiger partial charge in [0.05, 0.1) is 0 Å². The maximum Gasteiger partial charge on any atom is 0.163 e. The highest BCUT2D eigenvalue weighted by Crippen LogP contribution is 2.18. The summed E-state index contributed by atoms with van der Waals surface area (Å²) in [6.07, 6.45) is 1.45. The molecule has 0 bridgehead atoms. The summed E-state index contributed by atoms with van der Waals surface area (Å²) in [6.45, 7) is 0. The second-order valence-electron chi connectivity index (χ2n) is 2.80. The number of rotatable bonds is 0. The summed E-state index contributed by atoms with van der Waals surface area (Å²) in [5.74, 6) is 0.229. The van der Waals surface area contributed by atoms with Gasteiger partial charge in [0.15, 0.2) is 5.78 Å². The molecule has 0 heterocycles. The number of hydrogen-bond acceptors (Lipinski definition) is 1. The lowest BCUT2D eigenvalue weighted by atomic mass is 9.89. The molecule has 1 aliphatic carbocycles. The third-order valence-electron chi connectivity index (χ3n) is 2.11. The van der Waals surface area contributed by atoms with Gasteiger partial charge in [-0.05, 0) is 12.0 Å². The summed E-state index contributed by atoms with van der Waals surface area (Å²) in [6, 6.07) is 5.52. The first kappa shape index (κ1) is 6.65. The van der Waals surface area contributed by atoms with Crippen LogP contribution in [0.15, 0.2) is 18.2 Å². The van der Waals surface area contributed by atoms with E-state index >= 15 is 0 Å². The van der Waals surface area contributed by atoms with Gasteiger partial charge in [-0.15, -0.1) is 0 Å². The first-order chi connectivity index (χ1) is 5.29. The van der Waals surface area contributed by atoms with Crippen molar-refractivity contribution in [2.75, 3.05) is 0 Å². The van der Waals surface area contributed by atoms with Crippen molar-refractivity contribution in [3.05, 3.63) is 29.3 Å². The number of fused-ring (bicyclic) bond motifs is 1. The summed E-state index contributed by atoms with van der Waals surface area (Å²) < 4.78 is 0. The Morgan fingerprint density at radius 3 is 2.82 bits per heavy atom. The van der Waals surface area contributed by atoms with Crippen LogP contribution in [0.3, 0.4) is 0 Å². The van der Waals surface area contributed by atoms with Crippen molar-refractivity contribution in [3.8, 4) is 0 Å². The van der Waals surface area contributed by atoms with Gasteiger partial charge in [0.2, 0.25) is 0 Å². The fourth-order valence-electron chi connectivity index (χ4n) is 1.52. The van der Waals surface area contributed by atoms with E-state index in [9.17, 15) is 4.79 Å². The van der Waals surface area contributed by atoms with Crippen LogP contribution in [-0.2, 0) is 6.42 Å². The molecule has 0 atom stereocenters. The fourth-order valence-corrected chi connectivity index (χ4v) is 1.52. The molecule has 1 aromatic carbocycles. The molecule has 52 valence electrons. The minimum absolute atomic E-state index is 0.229. The molecule has 0 aliphatic heterocycles. The molecular weight excluding hydrogens is 135 g/mol. The zero-order valence-electron chi connectivity index (χ0n) is 6.13. The third kappa shape index (κ3) is 0.899. The Labute approximate surface area is 66.8 Å². The van der Waals surface area contributed by atoms with Crippen LogP contribution in [0.25, 0.3) is 0 Å². The van der Waals surface area contributed by atoms with Crippen molar-refractivity contribution in [1.82, 2.24) is 0 Å². The number of hydrogen-bond donors (Lipinski definition) is 0. The average Bonchev–Trinajstić information content (AvgIpc) is 2.35. The maximum atomic E-state index is 11.2. The summed E-state index contributed by atoms with van der Waals surface area (Å²) in [5.41, 5.74) is 2.62. The Morgan fingerprint density at radius 2 is 2.09 bits per heavy atom. The molecule has 0 N–H and O–H groups in total. The molecule has 0 aromatic heterocycles. The highest BCUT2D eigenvalue weighted by atomic mass is 16.1. The van der Waals surface area contributed by atoms with Crippen LogP contribution in [0.4, 0.5) is 0 Å². The lowest BCUT2D eigenvalue weighted by molar-refractivity contribution is 0.0994. The van der Waals surface area contributed by atoms with Crippen molar-refractivity contribution in [2.45, 2.75) is 12.8 Å². The van der Waals surface area contributed by atoms with Gasteiger partial charge in [0.1, 0.15) is 7.85 Å². The zero-order valence-corrected chi connectivity index (χ0v) is 6.13. The normalized spacial score (nSPS) is 15.1. The second-order valence-corrected chi connectivity index (χ2v) is 2.80. The number of Topliss-reactive ketones (excluding diaryl/α,β-unsaturated/α-hetero) is 1. The zero-order chi connectivity index (χ0) is 7.84. The highest BCUT2D eigenvalue weighted by molar-refractivity contribution is 6.34. The van der Waals surface area contributed by atoms with Gasteiger partial charge in [-0.3, -0.25) is 4.79 Å². The van der Waals surface area contributed by atoms with Gasteiger partial charge in [-0.1, -0.05) is 23.7 Å². The van der Waals surface area contributed by atoms with Crippen molar-refractivity contribution in [1.29, 1.82) is 0 Å². The molecule has 2 radical (unpaired) electrons. The smallest absolute Gasteiger partial charge is 0.163 e. The monoisotopic (exact) mass is 142 g/mol. The molecule has 0 saturated heterocycles. The molecule has 11 heavy (non-hydrogen) atoms. The van der Waals surface area contributed by atoms with E-state index in [0.717, 1.165) is 23.0 Å². The van der Waals surface area contributed by atoms with Gasteiger partial charge in [0.25, 0.3) is 0 Å². The lowest BCUT2D eigenvalue weighted by Crippen LogP contribution is -2.09. The van der Waals surface area contributed by atoms with Crippen LogP contribution >= 0.6 is 0 Å². The Kier molecular flexibility index (Phi) is 1.35. The van der Waals surface area contributed by atoms with Crippen LogP contribution in [0.1, 0.15) is 22.3 Å². The molecule has 2 heteroatoms. The second kappa shape index (κ2) is 2.23. The molecule has 0 spiro atoms. The molecule has 0 unspecified atom stereocenters. The molecule has 0 fully saturated rings. The molecule has 1 nitrogen and oxygen atoms in total. The minimum Gasteiger partial charge on any atom is -0.294 e. The number of benzene rings is 1. The Bertz CT molecular complexity index is 317. The van der Waals surface area contributed by atoms with Crippen molar-refractivity contribution < 1.29 is 4.79 Å². The standard InChI is InChI=1S/C9H7BO/c10-8-3-1-2-7-6(8)4-5-9(7)11/h1-3H,4-5H2. The predicted octanol–water partition coefficient (Wildman–Crippen LogP) is 0.609. The topological polar surface area (TPSA) is 17.1 Å². The van der Waals surface area contributed by atoms with Crippen molar-refractivity contribution in [3.63, 3.8) is 0 Å². The summed E-state index contributed by atoms with van der Waals surface area (Å²) in [7, 11) is 5.68. The first-order valence-corrected chi connectivity index (χ1v) is 3.69. The van der Waals surface area contributed by atoms with Gasteiger partial charge in [-0.25, -0.2) is 0 Å². The molecule has 0 amide bonds. The Hall–Kier alpha value is -1.05. The van der Waals surface area contributed by atoms with Gasteiger partial charge in [0, 0.05) is 12.0 Å². The average molecular weight is 142 g/mol. The van der Waals surface area contributed by atoms with Crippen LogP contribution < -0.4 is 5.46 Å². The Balaban J connectivity index is 2.66. The number of ketones is 1. The number of carbonyl (C=O) groups excluding carboxylic acids is 1. The van der Waals surface area contributed by atoms with E-state index in [-0.39, 0.29) is 5.78 Å². The maximum absolute atomic E-state index is 11.2. The van der Waals surface area contributed by atoms with E-state index in [1.54, 1.807) is 0 Å².